The number of hydrogen-bond donors (Lipinski definition) is 0. The van der Waals surface area contributed by atoms with Crippen LogP contribution in [0.2, 0.25) is 0 Å². The van der Waals surface area contributed by atoms with Crippen molar-refractivity contribution in [3.8, 4) is 0 Å². The van der Waals surface area contributed by atoms with Crippen molar-refractivity contribution in [2.45, 2.75) is 70.8 Å². The number of esters is 1. The number of ether oxygens (including phenoxy) is 1. The van der Waals surface area contributed by atoms with Gasteiger partial charge in [0, 0.05) is 12.1 Å². The van der Waals surface area contributed by atoms with Crippen molar-refractivity contribution in [3.05, 3.63) is 35.4 Å². The Morgan fingerprint density at radius 3 is 2.19 bits per heavy atom. The quantitative estimate of drug-likeness (QED) is 0.509. The summed E-state index contributed by atoms with van der Waals surface area (Å²) in [6.07, 6.45) is 9.25. The zero-order valence-electron chi connectivity index (χ0n) is 18.5. The Morgan fingerprint density at radius 1 is 1.00 bits per heavy atom. The fraction of sp³-hybridized carbons (Fsp3) is 0.654. The Labute approximate surface area is 184 Å². The summed E-state index contributed by atoms with van der Waals surface area (Å²) < 4.78 is 5.42. The number of aryl methyl sites for hydroxylation is 1. The van der Waals surface area contributed by atoms with Crippen LogP contribution in [0.1, 0.15) is 74.2 Å². The molecule has 0 unspecified atom stereocenters. The van der Waals surface area contributed by atoms with Crippen molar-refractivity contribution in [2.75, 3.05) is 13.2 Å². The maximum Gasteiger partial charge on any atom is 0.329 e. The van der Waals surface area contributed by atoms with Gasteiger partial charge in [0.25, 0.3) is 0 Å². The van der Waals surface area contributed by atoms with Crippen LogP contribution in [0.5, 0.6) is 0 Å². The van der Waals surface area contributed by atoms with Gasteiger partial charge >= 0.3 is 5.97 Å². The predicted molar refractivity (Wildman–Crippen MR) is 116 cm³/mol. The number of Topliss-reactive ketones (excluding diaryl/α,β-unsaturated/α-hetero) is 1. The molecule has 1 aromatic carbocycles. The van der Waals surface area contributed by atoms with Gasteiger partial charge in [-0.05, 0) is 81.1 Å². The van der Waals surface area contributed by atoms with Gasteiger partial charge in [-0.3, -0.25) is 9.59 Å². The topological polar surface area (TPSA) is 63.7 Å². The van der Waals surface area contributed by atoms with Crippen LogP contribution in [0.3, 0.4) is 0 Å². The molecule has 4 saturated carbocycles. The fourth-order valence-electron chi connectivity index (χ4n) is 7.17. The van der Waals surface area contributed by atoms with Gasteiger partial charge in [-0.15, -0.1) is 0 Å². The van der Waals surface area contributed by atoms with E-state index in [1.807, 2.05) is 12.1 Å². The summed E-state index contributed by atoms with van der Waals surface area (Å²) in [5.41, 5.74) is 1.48. The van der Waals surface area contributed by atoms with Crippen LogP contribution in [-0.2, 0) is 20.7 Å². The van der Waals surface area contributed by atoms with E-state index in [-0.39, 0.29) is 23.7 Å². The van der Waals surface area contributed by atoms with Gasteiger partial charge in [-0.25, -0.2) is 4.79 Å². The van der Waals surface area contributed by atoms with Gasteiger partial charge in [0.2, 0.25) is 5.91 Å². The molecule has 1 amide bonds. The van der Waals surface area contributed by atoms with Crippen LogP contribution in [0.25, 0.3) is 0 Å². The lowest BCUT2D eigenvalue weighted by molar-refractivity contribution is -0.165. The highest BCUT2D eigenvalue weighted by Crippen LogP contribution is 2.60. The molecule has 1 saturated heterocycles. The number of hydrogen-bond acceptors (Lipinski definition) is 4. The highest BCUT2D eigenvalue weighted by atomic mass is 16.5. The lowest BCUT2D eigenvalue weighted by Gasteiger charge is -2.56. The van der Waals surface area contributed by atoms with Crippen molar-refractivity contribution < 1.29 is 19.1 Å². The Morgan fingerprint density at radius 2 is 1.61 bits per heavy atom. The maximum atomic E-state index is 13.7. The fourth-order valence-corrected chi connectivity index (χ4v) is 7.17. The molecule has 5 aliphatic rings. The number of ketones is 1. The molecule has 5 nitrogen and oxygen atoms in total. The van der Waals surface area contributed by atoms with Crippen LogP contribution < -0.4 is 0 Å². The highest BCUT2D eigenvalue weighted by Gasteiger charge is 2.57. The van der Waals surface area contributed by atoms with Crippen LogP contribution >= 0.6 is 0 Å². The molecule has 5 heteroatoms. The lowest BCUT2D eigenvalue weighted by atomic mass is 9.49. The Bertz CT molecular complexity index is 839. The molecule has 4 aliphatic carbocycles. The summed E-state index contributed by atoms with van der Waals surface area (Å²) >= 11 is 0. The summed E-state index contributed by atoms with van der Waals surface area (Å²) in [5, 5.41) is 0. The minimum atomic E-state index is -0.532. The first-order valence-corrected chi connectivity index (χ1v) is 12.1. The molecule has 6 rings (SSSR count). The maximum absolute atomic E-state index is 13.7. The minimum Gasteiger partial charge on any atom is -0.456 e. The standard InChI is InChI=1S/C26H33NO4/c1-2-17-5-7-21(8-6-17)23(28)16-31-24(29)22-4-3-9-27(22)25(30)26-13-18-10-19(14-26)12-20(11-18)15-26/h5-8,18-20,22H,2-4,9-16H2,1H3/t18?,19?,20?,22-,26?/m1/s1. The van der Waals surface area contributed by atoms with Gasteiger partial charge < -0.3 is 9.64 Å². The first-order valence-electron chi connectivity index (χ1n) is 12.1. The third-order valence-electron chi connectivity index (χ3n) is 8.31. The van der Waals surface area contributed by atoms with E-state index >= 15 is 0 Å². The normalized spacial score (nSPS) is 33.5. The van der Waals surface area contributed by atoms with Crippen molar-refractivity contribution in [1.82, 2.24) is 4.90 Å². The number of benzene rings is 1. The molecule has 1 aliphatic heterocycles. The van der Waals surface area contributed by atoms with Crippen molar-refractivity contribution in [2.24, 2.45) is 23.2 Å². The molecular weight excluding hydrogens is 390 g/mol. The summed E-state index contributed by atoms with van der Waals surface area (Å²) in [6, 6.07) is 6.90. The van der Waals surface area contributed by atoms with Gasteiger partial charge in [-0.2, -0.15) is 0 Å². The molecule has 4 bridgehead atoms. The third kappa shape index (κ3) is 3.81. The molecule has 31 heavy (non-hydrogen) atoms. The molecule has 5 fully saturated rings. The average Bonchev–Trinajstić information content (AvgIpc) is 3.25. The summed E-state index contributed by atoms with van der Waals surface area (Å²) in [6.45, 7) is 2.43. The average molecular weight is 424 g/mol. The minimum absolute atomic E-state index is 0.188. The van der Waals surface area contributed by atoms with E-state index in [2.05, 4.69) is 6.92 Å². The van der Waals surface area contributed by atoms with Crippen LogP contribution in [-0.4, -0.2) is 41.8 Å². The molecule has 0 radical (unpaired) electrons. The lowest BCUT2D eigenvalue weighted by Crippen LogP contribution is -2.56. The number of carbonyl (C=O) groups is 3. The molecule has 1 atom stereocenters. The molecule has 0 aromatic heterocycles. The van der Waals surface area contributed by atoms with Gasteiger partial charge in [0.1, 0.15) is 6.04 Å². The first-order chi connectivity index (χ1) is 15.0. The van der Waals surface area contributed by atoms with Crippen LogP contribution in [0.15, 0.2) is 24.3 Å². The number of amides is 1. The van der Waals surface area contributed by atoms with Crippen LogP contribution in [0.4, 0.5) is 0 Å². The second-order valence-corrected chi connectivity index (χ2v) is 10.4. The van der Waals surface area contributed by atoms with Crippen LogP contribution in [0, 0.1) is 23.2 Å². The SMILES string of the molecule is CCc1ccc(C(=O)COC(=O)[C@H]2CCCN2C(=O)C23CC4CC(CC(C4)C2)C3)cc1. The third-order valence-corrected chi connectivity index (χ3v) is 8.31. The molecule has 1 aromatic rings. The van der Waals surface area contributed by atoms with E-state index in [0.29, 0.717) is 36.3 Å². The molecule has 1 heterocycles. The molecule has 0 N–H and O–H groups in total. The Kier molecular flexibility index (Phi) is 5.39. The number of rotatable bonds is 6. The van der Waals surface area contributed by atoms with E-state index in [4.69, 9.17) is 4.74 Å². The largest absolute Gasteiger partial charge is 0.456 e. The Balaban J connectivity index is 1.22. The van der Waals surface area contributed by atoms with Gasteiger partial charge in [0.15, 0.2) is 12.4 Å². The summed E-state index contributed by atoms with van der Waals surface area (Å²) in [4.78, 5) is 40.8. The second kappa shape index (κ2) is 8.07. The monoisotopic (exact) mass is 423 g/mol. The Hall–Kier alpha value is -2.17. The van der Waals surface area contributed by atoms with Crippen molar-refractivity contribution >= 4 is 17.7 Å². The number of likely N-dealkylation sites (tertiary alicyclic amines) is 1. The van der Waals surface area contributed by atoms with E-state index in [0.717, 1.165) is 32.1 Å². The zero-order chi connectivity index (χ0) is 21.6. The van der Waals surface area contributed by atoms with E-state index in [9.17, 15) is 14.4 Å². The van der Waals surface area contributed by atoms with Gasteiger partial charge in [0.05, 0.1) is 5.41 Å². The highest BCUT2D eigenvalue weighted by molar-refractivity contribution is 5.98. The second-order valence-electron chi connectivity index (χ2n) is 10.4. The predicted octanol–water partition coefficient (Wildman–Crippen LogP) is 4.18. The van der Waals surface area contributed by atoms with Gasteiger partial charge in [-0.1, -0.05) is 31.2 Å². The summed E-state index contributed by atoms with van der Waals surface area (Å²) in [7, 11) is 0. The molecule has 166 valence electrons. The van der Waals surface area contributed by atoms with Crippen molar-refractivity contribution in [1.29, 1.82) is 0 Å². The summed E-state index contributed by atoms with van der Waals surface area (Å²) in [5.74, 6) is 1.65. The zero-order valence-corrected chi connectivity index (χ0v) is 18.5. The van der Waals surface area contributed by atoms with E-state index in [1.165, 1.54) is 24.8 Å². The molecular formula is C26H33NO4. The molecule has 0 spiro atoms. The van der Waals surface area contributed by atoms with E-state index in [1.54, 1.807) is 17.0 Å². The first kappa shape index (κ1) is 20.7. The van der Waals surface area contributed by atoms with Crippen molar-refractivity contribution in [3.63, 3.8) is 0 Å². The van der Waals surface area contributed by atoms with E-state index < -0.39 is 12.0 Å². The number of carbonyl (C=O) groups excluding carboxylic acids is 3. The smallest absolute Gasteiger partial charge is 0.329 e. The number of nitrogens with zero attached hydrogens (tertiary/aromatic N) is 1.